The van der Waals surface area contributed by atoms with Crippen LogP contribution in [-0.2, 0) is 6.42 Å². The number of hydrogen-bond acceptors (Lipinski definition) is 2. The number of hydrogen-bond donors (Lipinski definition) is 1. The van der Waals surface area contributed by atoms with Gasteiger partial charge in [-0.2, -0.15) is 32.2 Å². The zero-order valence-electron chi connectivity index (χ0n) is 20.3. The predicted octanol–water partition coefficient (Wildman–Crippen LogP) is 5.04. The predicted molar refractivity (Wildman–Crippen MR) is 134 cm³/mol. The van der Waals surface area contributed by atoms with E-state index in [1.807, 2.05) is 12.1 Å². The molecule has 2 aromatic heterocycles. The van der Waals surface area contributed by atoms with E-state index in [2.05, 4.69) is 56.6 Å². The molecule has 1 N–H and O–H groups in total. The molecule has 0 fully saturated rings. The molecule has 3 aromatic rings. The van der Waals surface area contributed by atoms with E-state index in [9.17, 15) is 13.2 Å². The van der Waals surface area contributed by atoms with Gasteiger partial charge in [-0.15, -0.1) is 12.1 Å². The number of pyridine rings is 1. The maximum absolute atomic E-state index is 13.0. The van der Waals surface area contributed by atoms with Crippen molar-refractivity contribution in [2.45, 2.75) is 50.6 Å². The van der Waals surface area contributed by atoms with Crippen molar-refractivity contribution < 1.29 is 42.7 Å². The first kappa shape index (κ1) is 30.3. The van der Waals surface area contributed by atoms with Crippen LogP contribution in [0.25, 0.3) is 11.1 Å². The van der Waals surface area contributed by atoms with Crippen LogP contribution in [-0.4, -0.2) is 16.5 Å². The second-order valence-corrected chi connectivity index (χ2v) is 8.11. The number of benzene rings is 1. The van der Waals surface area contributed by atoms with E-state index < -0.39 is 5.51 Å². The first-order chi connectivity index (χ1) is 15.8. The summed E-state index contributed by atoms with van der Waals surface area (Å²) in [5, 5.41) is 3.34. The number of allylic oxidation sites excluding steroid dienone is 1. The number of aryl methyl sites for hydroxylation is 1. The summed E-state index contributed by atoms with van der Waals surface area (Å²) >= 11 is -0.156. The Morgan fingerprint density at radius 1 is 1.24 bits per heavy atom. The van der Waals surface area contributed by atoms with Crippen LogP contribution in [0, 0.1) is 24.8 Å². The maximum Gasteiger partial charge on any atom is 1.00 e. The molecule has 0 bridgehead atoms. The molecule has 0 saturated carbocycles. The molecule has 2 nitrogen and oxygen atoms in total. The van der Waals surface area contributed by atoms with Gasteiger partial charge in [-0.05, 0) is 47.9 Å². The van der Waals surface area contributed by atoms with E-state index in [-0.39, 0.29) is 46.3 Å². The van der Waals surface area contributed by atoms with Crippen molar-refractivity contribution in [2.24, 2.45) is 0 Å². The Labute approximate surface area is 227 Å². The largest absolute Gasteiger partial charge is 1.00 e. The molecule has 0 saturated heterocycles. The third-order valence-electron chi connectivity index (χ3n) is 4.80. The molecule has 0 aliphatic heterocycles. The van der Waals surface area contributed by atoms with E-state index in [0.29, 0.717) is 17.6 Å². The smallest absolute Gasteiger partial charge is 0.374 e. The number of halogens is 3. The first-order valence-corrected chi connectivity index (χ1v) is 11.7. The number of nitrogens with one attached hydrogen (secondary N) is 1. The van der Waals surface area contributed by atoms with Gasteiger partial charge in [-0.25, -0.2) is 0 Å². The van der Waals surface area contributed by atoms with Crippen LogP contribution >= 0.6 is 11.8 Å². The molecule has 34 heavy (non-hydrogen) atoms. The fourth-order valence-electron chi connectivity index (χ4n) is 3.34. The first-order valence-electron chi connectivity index (χ1n) is 10.8. The summed E-state index contributed by atoms with van der Waals surface area (Å²) in [5.41, 5.74) is 0.908. The second kappa shape index (κ2) is 14.6. The molecule has 1 aromatic carbocycles. The van der Waals surface area contributed by atoms with E-state index in [1.165, 1.54) is 4.40 Å². The minimum atomic E-state index is -4.39. The summed E-state index contributed by atoms with van der Waals surface area (Å²) in [5.74, 6) is 5.85. The molecule has 0 spiro atoms. The number of alkyl halides is 3. The fraction of sp³-hybridized carbons (Fsp3) is 0.296. The Bertz CT molecular complexity index is 1140. The van der Waals surface area contributed by atoms with E-state index in [1.54, 1.807) is 31.3 Å². The standard InChI is InChI=1S/C25H24F3N2S.C2H5.Na/c1-4-9-18(3)20-12-13-23(19(5-2)16-20)29-14-8-10-21-17-22-11-6-7-15-30(22)24(21)31-25(26,27)28;1-2;/h6-7,12-13,15-17,29H,3-5,9,14H2,1-2H3;1H2,2H3;/q2*-1;+1. The summed E-state index contributed by atoms with van der Waals surface area (Å²) in [7, 11) is 0. The van der Waals surface area contributed by atoms with Crippen LogP contribution in [0.2, 0.25) is 0 Å². The molecule has 0 aliphatic rings. The maximum atomic E-state index is 13.0. The van der Waals surface area contributed by atoms with Crippen molar-refractivity contribution in [3.63, 3.8) is 0 Å². The molecule has 0 radical (unpaired) electrons. The van der Waals surface area contributed by atoms with Crippen LogP contribution in [0.1, 0.15) is 50.3 Å². The van der Waals surface area contributed by atoms with Crippen LogP contribution < -0.4 is 34.9 Å². The van der Waals surface area contributed by atoms with Crippen molar-refractivity contribution in [1.29, 1.82) is 0 Å². The minimum absolute atomic E-state index is 0. The molecule has 0 aliphatic carbocycles. The Morgan fingerprint density at radius 2 is 1.97 bits per heavy atom. The zero-order valence-corrected chi connectivity index (χ0v) is 23.1. The molecule has 3 rings (SSSR count). The van der Waals surface area contributed by atoms with Crippen LogP contribution in [0.15, 0.2) is 54.2 Å². The van der Waals surface area contributed by atoms with Gasteiger partial charge in [0.05, 0.1) is 11.6 Å². The monoisotopic (exact) mass is 493 g/mol. The van der Waals surface area contributed by atoms with Crippen molar-refractivity contribution in [2.75, 3.05) is 11.9 Å². The Balaban J connectivity index is 0.00000188. The molecule has 7 heteroatoms. The van der Waals surface area contributed by atoms with Crippen molar-refractivity contribution in [3.05, 3.63) is 78.9 Å². The number of nitrogens with zero attached hydrogens (tertiary/aromatic N) is 1. The van der Waals surface area contributed by atoms with E-state index >= 15 is 0 Å². The van der Waals surface area contributed by atoms with Gasteiger partial charge in [0.25, 0.3) is 0 Å². The molecular weight excluding hydrogens is 464 g/mol. The van der Waals surface area contributed by atoms with Gasteiger partial charge in [0, 0.05) is 23.0 Å². The number of thioether (sulfide) groups is 1. The summed E-state index contributed by atoms with van der Waals surface area (Å²) in [6, 6.07) is 14.1. The summed E-state index contributed by atoms with van der Waals surface area (Å²) in [4.78, 5) is 0. The normalized spacial score (nSPS) is 10.4. The molecule has 0 amide bonds. The van der Waals surface area contributed by atoms with Crippen molar-refractivity contribution in [3.8, 4) is 11.8 Å². The molecular formula is C27H29F3N2NaS-. The molecule has 2 heterocycles. The van der Waals surface area contributed by atoms with Gasteiger partial charge < -0.3 is 16.6 Å². The molecule has 0 unspecified atom stereocenters. The van der Waals surface area contributed by atoms with Gasteiger partial charge >= 0.3 is 35.1 Å². The van der Waals surface area contributed by atoms with Crippen LogP contribution in [0.3, 0.4) is 0 Å². The molecule has 0 atom stereocenters. The summed E-state index contributed by atoms with van der Waals surface area (Å²) in [6.07, 6.45) is 4.46. The van der Waals surface area contributed by atoms with Gasteiger partial charge in [-0.1, -0.05) is 50.3 Å². The summed E-state index contributed by atoms with van der Waals surface area (Å²) in [6.45, 7) is 13.7. The van der Waals surface area contributed by atoms with Crippen LogP contribution in [0.5, 0.6) is 0 Å². The SMILES string of the molecule is C=C(CCC)c1ccc(NCC#Cc2cc3[c-]cccn3c2SC(F)(F)F)c(CC)c1.[CH2-]C.[Na+]. The van der Waals surface area contributed by atoms with E-state index in [4.69, 9.17) is 0 Å². The van der Waals surface area contributed by atoms with Crippen LogP contribution in [0.4, 0.5) is 18.9 Å². The topological polar surface area (TPSA) is 16.4 Å². The van der Waals surface area contributed by atoms with E-state index in [0.717, 1.165) is 41.6 Å². The average molecular weight is 494 g/mol. The number of fused-ring (bicyclic) bond motifs is 1. The van der Waals surface area contributed by atoms with Gasteiger partial charge in [0.15, 0.2) is 0 Å². The van der Waals surface area contributed by atoms with Gasteiger partial charge in [0.2, 0.25) is 0 Å². The summed E-state index contributed by atoms with van der Waals surface area (Å²) < 4.78 is 40.6. The number of anilines is 1. The number of rotatable bonds is 7. The molecule has 176 valence electrons. The van der Waals surface area contributed by atoms with Gasteiger partial charge in [-0.3, -0.25) is 0 Å². The third-order valence-corrected chi connectivity index (χ3v) is 5.64. The Kier molecular flexibility index (Phi) is 13.0. The Morgan fingerprint density at radius 3 is 2.62 bits per heavy atom. The fourth-order valence-corrected chi connectivity index (χ4v) is 4.03. The number of aromatic nitrogens is 1. The quantitative estimate of drug-likeness (QED) is 0.215. The van der Waals surface area contributed by atoms with Gasteiger partial charge in [0.1, 0.15) is 0 Å². The second-order valence-electron chi connectivity index (χ2n) is 7.05. The average Bonchev–Trinajstić information content (AvgIpc) is 3.14. The minimum Gasteiger partial charge on any atom is -0.374 e. The third kappa shape index (κ3) is 8.46. The van der Waals surface area contributed by atoms with Crippen molar-refractivity contribution in [1.82, 2.24) is 4.40 Å². The Hall–Kier alpha value is -1.78. The zero-order chi connectivity index (χ0) is 24.4. The van der Waals surface area contributed by atoms with Crippen molar-refractivity contribution >= 4 is 28.5 Å².